The van der Waals surface area contributed by atoms with Crippen LogP contribution in [0.4, 0.5) is 13.2 Å². The molecule has 0 atom stereocenters. The minimum atomic E-state index is -4.37. The summed E-state index contributed by atoms with van der Waals surface area (Å²) < 4.78 is 46.5. The molecule has 0 spiro atoms. The summed E-state index contributed by atoms with van der Waals surface area (Å²) in [6, 6.07) is 12.8. The Kier molecular flexibility index (Phi) is 4.86. The highest BCUT2D eigenvalue weighted by molar-refractivity contribution is 5.47. The van der Waals surface area contributed by atoms with Crippen LogP contribution >= 0.6 is 0 Å². The van der Waals surface area contributed by atoms with Crippen LogP contribution < -0.4 is 0 Å². The Bertz CT molecular complexity index is 1200. The van der Waals surface area contributed by atoms with E-state index >= 15 is 0 Å². The van der Waals surface area contributed by atoms with Crippen LogP contribution in [0, 0.1) is 0 Å². The van der Waals surface area contributed by atoms with E-state index in [0.29, 0.717) is 30.4 Å². The van der Waals surface area contributed by atoms with E-state index in [1.807, 2.05) is 24.4 Å². The summed E-state index contributed by atoms with van der Waals surface area (Å²) >= 11 is 0. The predicted octanol–water partition coefficient (Wildman–Crippen LogP) is 5.10. The van der Waals surface area contributed by atoms with Crippen LogP contribution in [0.15, 0.2) is 71.6 Å². The van der Waals surface area contributed by atoms with Crippen molar-refractivity contribution in [1.29, 1.82) is 0 Å². The van der Waals surface area contributed by atoms with Crippen molar-refractivity contribution in [3.63, 3.8) is 0 Å². The largest absolute Gasteiger partial charge is 0.461 e. The fourth-order valence-electron chi connectivity index (χ4n) is 3.89. The number of benzene rings is 1. The Morgan fingerprint density at radius 2 is 1.97 bits per heavy atom. The molecule has 0 unspecified atom stereocenters. The number of fused-ring (bicyclic) bond motifs is 1. The van der Waals surface area contributed by atoms with Gasteiger partial charge in [-0.15, -0.1) is 0 Å². The number of alkyl halides is 3. The third kappa shape index (κ3) is 3.98. The van der Waals surface area contributed by atoms with Gasteiger partial charge in [-0.2, -0.15) is 13.2 Å². The van der Waals surface area contributed by atoms with Gasteiger partial charge in [0.2, 0.25) is 0 Å². The molecule has 4 heterocycles. The Hall–Kier alpha value is -3.39. The molecule has 0 saturated heterocycles. The molecular formula is C23H19F3N4O. The second kappa shape index (κ2) is 7.70. The summed E-state index contributed by atoms with van der Waals surface area (Å²) in [5.41, 5.74) is 2.83. The normalized spacial score (nSPS) is 14.5. The number of hydrogen-bond donors (Lipinski definition) is 0. The van der Waals surface area contributed by atoms with E-state index in [1.54, 1.807) is 29.2 Å². The Labute approximate surface area is 176 Å². The first-order valence-electron chi connectivity index (χ1n) is 9.92. The average Bonchev–Trinajstić information content (AvgIpc) is 3.45. The molecule has 8 heteroatoms. The van der Waals surface area contributed by atoms with Crippen molar-refractivity contribution in [2.75, 3.05) is 6.54 Å². The average molecular weight is 424 g/mol. The van der Waals surface area contributed by atoms with Gasteiger partial charge in [-0.1, -0.05) is 6.07 Å². The van der Waals surface area contributed by atoms with Crippen molar-refractivity contribution in [1.82, 2.24) is 19.4 Å². The number of furan rings is 1. The number of halogens is 3. The molecular weight excluding hydrogens is 405 g/mol. The van der Waals surface area contributed by atoms with Crippen molar-refractivity contribution in [2.45, 2.75) is 25.7 Å². The SMILES string of the molecule is FC(F)(F)c1cccc(-n2cccc2CN2CCc3nc(-c4ccco4)ncc3C2)c1. The van der Waals surface area contributed by atoms with Crippen LogP contribution in [0.3, 0.4) is 0 Å². The monoisotopic (exact) mass is 424 g/mol. The lowest BCUT2D eigenvalue weighted by molar-refractivity contribution is -0.137. The Morgan fingerprint density at radius 1 is 1.06 bits per heavy atom. The van der Waals surface area contributed by atoms with E-state index in [-0.39, 0.29) is 0 Å². The molecule has 1 aliphatic rings. The van der Waals surface area contributed by atoms with Gasteiger partial charge in [0.1, 0.15) is 0 Å². The van der Waals surface area contributed by atoms with Gasteiger partial charge in [0.25, 0.3) is 0 Å². The molecule has 3 aromatic heterocycles. The number of hydrogen-bond acceptors (Lipinski definition) is 4. The molecule has 0 saturated carbocycles. The molecule has 0 fully saturated rings. The molecule has 0 bridgehead atoms. The van der Waals surface area contributed by atoms with Crippen molar-refractivity contribution in [3.05, 3.63) is 89.7 Å². The first kappa shape index (κ1) is 19.6. The molecule has 158 valence electrons. The molecule has 0 aliphatic carbocycles. The number of aromatic nitrogens is 3. The van der Waals surface area contributed by atoms with Gasteiger partial charge in [-0.05, 0) is 42.5 Å². The zero-order chi connectivity index (χ0) is 21.4. The highest BCUT2D eigenvalue weighted by atomic mass is 19.4. The summed E-state index contributed by atoms with van der Waals surface area (Å²) in [7, 11) is 0. The molecule has 1 aromatic carbocycles. The van der Waals surface area contributed by atoms with Crippen LogP contribution in [0.2, 0.25) is 0 Å². The van der Waals surface area contributed by atoms with E-state index in [0.717, 1.165) is 36.0 Å². The quantitative estimate of drug-likeness (QED) is 0.457. The first-order valence-corrected chi connectivity index (χ1v) is 9.92. The summed E-state index contributed by atoms with van der Waals surface area (Å²) in [5, 5.41) is 0. The van der Waals surface area contributed by atoms with Crippen LogP contribution in [0.25, 0.3) is 17.3 Å². The fraction of sp³-hybridized carbons (Fsp3) is 0.217. The summed E-state index contributed by atoms with van der Waals surface area (Å²) in [6.07, 6.45) is 1.63. The lowest BCUT2D eigenvalue weighted by atomic mass is 10.1. The minimum Gasteiger partial charge on any atom is -0.461 e. The second-order valence-electron chi connectivity index (χ2n) is 7.52. The molecule has 0 N–H and O–H groups in total. The highest BCUT2D eigenvalue weighted by Crippen LogP contribution is 2.31. The van der Waals surface area contributed by atoms with Crippen LogP contribution in [-0.2, 0) is 25.7 Å². The zero-order valence-electron chi connectivity index (χ0n) is 16.5. The van der Waals surface area contributed by atoms with Crippen LogP contribution in [0.5, 0.6) is 0 Å². The Morgan fingerprint density at radius 3 is 2.77 bits per heavy atom. The van der Waals surface area contributed by atoms with Crippen LogP contribution in [0.1, 0.15) is 22.5 Å². The number of rotatable bonds is 4. The van der Waals surface area contributed by atoms with Gasteiger partial charge in [0, 0.05) is 55.4 Å². The van der Waals surface area contributed by atoms with Gasteiger partial charge in [-0.25, -0.2) is 9.97 Å². The smallest absolute Gasteiger partial charge is 0.416 e. The maximum atomic E-state index is 13.1. The minimum absolute atomic E-state index is 0.499. The molecule has 5 rings (SSSR count). The molecule has 0 amide bonds. The molecule has 0 radical (unpaired) electrons. The second-order valence-corrected chi connectivity index (χ2v) is 7.52. The maximum absolute atomic E-state index is 13.1. The zero-order valence-corrected chi connectivity index (χ0v) is 16.5. The Balaban J connectivity index is 1.34. The molecule has 1 aliphatic heterocycles. The van der Waals surface area contributed by atoms with E-state index in [2.05, 4.69) is 14.9 Å². The van der Waals surface area contributed by atoms with Gasteiger partial charge in [0.15, 0.2) is 11.6 Å². The molecule has 5 nitrogen and oxygen atoms in total. The topological polar surface area (TPSA) is 47.1 Å². The van der Waals surface area contributed by atoms with Crippen molar-refractivity contribution in [2.24, 2.45) is 0 Å². The van der Waals surface area contributed by atoms with E-state index in [9.17, 15) is 13.2 Å². The predicted molar refractivity (Wildman–Crippen MR) is 108 cm³/mol. The third-order valence-corrected chi connectivity index (χ3v) is 5.42. The van der Waals surface area contributed by atoms with Crippen molar-refractivity contribution >= 4 is 0 Å². The van der Waals surface area contributed by atoms with Crippen molar-refractivity contribution < 1.29 is 17.6 Å². The highest BCUT2D eigenvalue weighted by Gasteiger charge is 2.30. The van der Waals surface area contributed by atoms with Gasteiger partial charge in [-0.3, -0.25) is 4.90 Å². The summed E-state index contributed by atoms with van der Waals surface area (Å²) in [4.78, 5) is 11.3. The summed E-state index contributed by atoms with van der Waals surface area (Å²) in [6.45, 7) is 2.10. The third-order valence-electron chi connectivity index (χ3n) is 5.42. The van der Waals surface area contributed by atoms with Gasteiger partial charge >= 0.3 is 6.18 Å². The van der Waals surface area contributed by atoms with Gasteiger partial charge in [0.05, 0.1) is 17.5 Å². The maximum Gasteiger partial charge on any atom is 0.416 e. The van der Waals surface area contributed by atoms with Gasteiger partial charge < -0.3 is 8.98 Å². The standard InChI is InChI=1S/C23H19F3N4O/c24-23(25,26)17-4-1-5-18(12-17)30-9-2-6-19(30)15-29-10-8-20-16(14-29)13-27-22(28-20)21-7-3-11-31-21/h1-7,9,11-13H,8,10,14-15H2. The van der Waals surface area contributed by atoms with Crippen molar-refractivity contribution in [3.8, 4) is 17.3 Å². The van der Waals surface area contributed by atoms with E-state index in [1.165, 1.54) is 12.1 Å². The lowest BCUT2D eigenvalue weighted by Gasteiger charge is -2.28. The fourth-order valence-corrected chi connectivity index (χ4v) is 3.89. The molecule has 4 aromatic rings. The van der Waals surface area contributed by atoms with E-state index in [4.69, 9.17) is 4.42 Å². The number of nitrogens with zero attached hydrogens (tertiary/aromatic N) is 4. The lowest BCUT2D eigenvalue weighted by Crippen LogP contribution is -2.31. The first-order chi connectivity index (χ1) is 15.0. The van der Waals surface area contributed by atoms with E-state index < -0.39 is 11.7 Å². The van der Waals surface area contributed by atoms with Crippen LogP contribution in [-0.4, -0.2) is 26.0 Å². The molecule has 31 heavy (non-hydrogen) atoms. The summed E-state index contributed by atoms with van der Waals surface area (Å²) in [5.74, 6) is 1.22.